The van der Waals surface area contributed by atoms with Crippen molar-refractivity contribution in [2.75, 3.05) is 13.2 Å². The normalized spacial score (nSPS) is 23.4. The molecule has 1 aromatic rings. The van der Waals surface area contributed by atoms with Crippen molar-refractivity contribution >= 4 is 17.6 Å². The molecule has 2 amide bonds. The number of urea groups is 1. The van der Waals surface area contributed by atoms with E-state index in [1.54, 1.807) is 24.3 Å². The third kappa shape index (κ3) is 3.85. The number of nitrogens with one attached hydrogen (secondary N) is 2. The molecule has 110 valence electrons. The van der Waals surface area contributed by atoms with E-state index in [-0.39, 0.29) is 24.8 Å². The van der Waals surface area contributed by atoms with E-state index >= 15 is 0 Å². The van der Waals surface area contributed by atoms with Crippen LogP contribution in [0.2, 0.25) is 5.02 Å². The summed E-state index contributed by atoms with van der Waals surface area (Å²) >= 11 is 5.82. The minimum atomic E-state index is -0.454. The lowest BCUT2D eigenvalue weighted by molar-refractivity contribution is 0.114. The van der Waals surface area contributed by atoms with Gasteiger partial charge in [-0.1, -0.05) is 23.7 Å². The number of aliphatic hydroxyl groups excluding tert-OH is 1. The first-order valence-electron chi connectivity index (χ1n) is 6.65. The Labute approximate surface area is 123 Å². The van der Waals surface area contributed by atoms with Crippen LogP contribution in [0.1, 0.15) is 24.9 Å². The molecule has 20 heavy (non-hydrogen) atoms. The molecule has 0 aromatic heterocycles. The topological polar surface area (TPSA) is 70.6 Å². The molecular formula is C14H19ClN2O3. The molecule has 0 saturated carbocycles. The Balaban J connectivity index is 1.92. The molecule has 0 bridgehead atoms. The molecule has 3 N–H and O–H groups in total. The lowest BCUT2D eigenvalue weighted by Gasteiger charge is -2.21. The summed E-state index contributed by atoms with van der Waals surface area (Å²) in [6.45, 7) is 2.42. The van der Waals surface area contributed by atoms with Crippen molar-refractivity contribution in [1.82, 2.24) is 10.6 Å². The molecule has 1 saturated heterocycles. The summed E-state index contributed by atoms with van der Waals surface area (Å²) < 4.78 is 5.39. The summed E-state index contributed by atoms with van der Waals surface area (Å²) in [5, 5.41) is 15.6. The molecule has 0 radical (unpaired) electrons. The number of rotatable bonds is 4. The molecule has 1 aromatic carbocycles. The second kappa shape index (κ2) is 6.92. The van der Waals surface area contributed by atoms with E-state index in [4.69, 9.17) is 16.3 Å². The van der Waals surface area contributed by atoms with Gasteiger partial charge < -0.3 is 20.5 Å². The smallest absolute Gasteiger partial charge is 0.315 e. The van der Waals surface area contributed by atoms with Gasteiger partial charge in [0.15, 0.2) is 0 Å². The predicted molar refractivity (Wildman–Crippen MR) is 76.8 cm³/mol. The Kier molecular flexibility index (Phi) is 5.23. The summed E-state index contributed by atoms with van der Waals surface area (Å²) in [6, 6.07) is 6.28. The van der Waals surface area contributed by atoms with Gasteiger partial charge in [0.1, 0.15) is 0 Å². The van der Waals surface area contributed by atoms with E-state index in [0.717, 1.165) is 12.0 Å². The summed E-state index contributed by atoms with van der Waals surface area (Å²) in [5.74, 6) is 0. The van der Waals surface area contributed by atoms with E-state index in [2.05, 4.69) is 10.6 Å². The molecule has 3 atom stereocenters. The van der Waals surface area contributed by atoms with Gasteiger partial charge in [-0.05, 0) is 31.0 Å². The van der Waals surface area contributed by atoms with Gasteiger partial charge >= 0.3 is 6.03 Å². The van der Waals surface area contributed by atoms with Crippen LogP contribution in [0.25, 0.3) is 0 Å². The minimum absolute atomic E-state index is 0.0135. The Morgan fingerprint density at radius 2 is 2.20 bits per heavy atom. The van der Waals surface area contributed by atoms with Crippen LogP contribution in [-0.2, 0) is 4.74 Å². The lowest BCUT2D eigenvalue weighted by Crippen LogP contribution is -2.46. The summed E-state index contributed by atoms with van der Waals surface area (Å²) in [4.78, 5) is 11.9. The summed E-state index contributed by atoms with van der Waals surface area (Å²) in [5.41, 5.74) is 0.808. The molecule has 6 heteroatoms. The molecule has 2 rings (SSSR count). The molecule has 5 nitrogen and oxygen atoms in total. The maximum atomic E-state index is 11.9. The van der Waals surface area contributed by atoms with Gasteiger partial charge in [-0.15, -0.1) is 0 Å². The zero-order valence-corrected chi connectivity index (χ0v) is 12.1. The zero-order valence-electron chi connectivity index (χ0n) is 11.3. The van der Waals surface area contributed by atoms with E-state index in [1.807, 2.05) is 6.92 Å². The van der Waals surface area contributed by atoms with Gasteiger partial charge in [-0.2, -0.15) is 0 Å². The molecule has 1 aliphatic heterocycles. The van der Waals surface area contributed by atoms with Crippen molar-refractivity contribution in [2.24, 2.45) is 0 Å². The van der Waals surface area contributed by atoms with Crippen molar-refractivity contribution in [2.45, 2.75) is 31.5 Å². The maximum absolute atomic E-state index is 11.9. The first kappa shape index (κ1) is 15.1. The van der Waals surface area contributed by atoms with Crippen LogP contribution in [0.5, 0.6) is 0 Å². The Morgan fingerprint density at radius 3 is 2.75 bits per heavy atom. The van der Waals surface area contributed by atoms with Gasteiger partial charge in [0.05, 0.1) is 24.8 Å². The van der Waals surface area contributed by atoms with Crippen LogP contribution in [0.15, 0.2) is 24.3 Å². The highest BCUT2D eigenvalue weighted by atomic mass is 35.5. The fraction of sp³-hybridized carbons (Fsp3) is 0.500. The minimum Gasteiger partial charge on any atom is -0.394 e. The zero-order chi connectivity index (χ0) is 14.5. The fourth-order valence-electron chi connectivity index (χ4n) is 2.22. The first-order valence-corrected chi connectivity index (χ1v) is 7.03. The van der Waals surface area contributed by atoms with Crippen molar-refractivity contribution in [3.63, 3.8) is 0 Å². The molecular weight excluding hydrogens is 280 g/mol. The Morgan fingerprint density at radius 1 is 1.50 bits per heavy atom. The Hall–Kier alpha value is -1.30. The number of ether oxygens (including phenoxy) is 1. The predicted octanol–water partition coefficient (Wildman–Crippen LogP) is 1.85. The summed E-state index contributed by atoms with van der Waals surface area (Å²) in [6.07, 6.45) is 0.822. The first-order chi connectivity index (χ1) is 9.60. The third-order valence-electron chi connectivity index (χ3n) is 3.45. The van der Waals surface area contributed by atoms with E-state index in [1.165, 1.54) is 0 Å². The van der Waals surface area contributed by atoms with E-state index in [9.17, 15) is 9.90 Å². The molecule has 0 aliphatic carbocycles. The lowest BCUT2D eigenvalue weighted by atomic mass is 10.1. The van der Waals surface area contributed by atoms with Gasteiger partial charge in [0, 0.05) is 11.6 Å². The average Bonchev–Trinajstić information content (AvgIpc) is 2.83. The monoisotopic (exact) mass is 298 g/mol. The Bertz CT molecular complexity index is 452. The van der Waals surface area contributed by atoms with Crippen molar-refractivity contribution in [3.05, 3.63) is 34.9 Å². The SMILES string of the molecule is CC1OCCC1NC(=O)NC(CO)c1ccc(Cl)cc1. The van der Waals surface area contributed by atoms with E-state index in [0.29, 0.717) is 11.6 Å². The van der Waals surface area contributed by atoms with Crippen LogP contribution < -0.4 is 10.6 Å². The van der Waals surface area contributed by atoms with Crippen LogP contribution in [-0.4, -0.2) is 36.5 Å². The number of amides is 2. The van der Waals surface area contributed by atoms with Crippen molar-refractivity contribution in [3.8, 4) is 0 Å². The van der Waals surface area contributed by atoms with Crippen LogP contribution in [0, 0.1) is 0 Å². The number of halogens is 1. The van der Waals surface area contributed by atoms with Crippen molar-refractivity contribution in [1.29, 1.82) is 0 Å². The van der Waals surface area contributed by atoms with Crippen molar-refractivity contribution < 1.29 is 14.6 Å². The van der Waals surface area contributed by atoms with E-state index < -0.39 is 6.04 Å². The van der Waals surface area contributed by atoms with Gasteiger partial charge in [0.25, 0.3) is 0 Å². The van der Waals surface area contributed by atoms with Gasteiger partial charge in [-0.3, -0.25) is 0 Å². The largest absolute Gasteiger partial charge is 0.394 e. The quantitative estimate of drug-likeness (QED) is 0.794. The second-order valence-electron chi connectivity index (χ2n) is 4.88. The second-order valence-corrected chi connectivity index (χ2v) is 5.31. The molecule has 1 aliphatic rings. The molecule has 1 fully saturated rings. The number of carbonyl (C=O) groups excluding carboxylic acids is 1. The number of aliphatic hydroxyl groups is 1. The highest BCUT2D eigenvalue weighted by molar-refractivity contribution is 6.30. The number of hydrogen-bond acceptors (Lipinski definition) is 3. The molecule has 0 spiro atoms. The standard InChI is InChI=1S/C14H19ClN2O3/c1-9-12(6-7-20-9)16-14(19)17-13(8-18)10-2-4-11(15)5-3-10/h2-5,9,12-13,18H,6-8H2,1H3,(H2,16,17,19). The molecule has 3 unspecified atom stereocenters. The van der Waals surface area contributed by atoms with Gasteiger partial charge in [0.2, 0.25) is 0 Å². The summed E-state index contributed by atoms with van der Waals surface area (Å²) in [7, 11) is 0. The number of carbonyl (C=O) groups is 1. The highest BCUT2D eigenvalue weighted by Crippen LogP contribution is 2.17. The molecule has 1 heterocycles. The number of hydrogen-bond donors (Lipinski definition) is 3. The van der Waals surface area contributed by atoms with Gasteiger partial charge in [-0.25, -0.2) is 4.79 Å². The third-order valence-corrected chi connectivity index (χ3v) is 3.70. The van der Waals surface area contributed by atoms with Crippen LogP contribution in [0.4, 0.5) is 4.79 Å². The maximum Gasteiger partial charge on any atom is 0.315 e. The number of benzene rings is 1. The fourth-order valence-corrected chi connectivity index (χ4v) is 2.35. The highest BCUT2D eigenvalue weighted by Gasteiger charge is 2.26. The van der Waals surface area contributed by atoms with Crippen LogP contribution in [0.3, 0.4) is 0 Å². The average molecular weight is 299 g/mol. The van der Waals surface area contributed by atoms with Crippen LogP contribution >= 0.6 is 11.6 Å².